The van der Waals surface area contributed by atoms with Crippen LogP contribution in [0.25, 0.3) is 78.3 Å². The van der Waals surface area contributed by atoms with Crippen molar-refractivity contribution in [3.63, 3.8) is 0 Å². The van der Waals surface area contributed by atoms with E-state index in [0.717, 1.165) is 50.4 Å². The summed E-state index contributed by atoms with van der Waals surface area (Å²) in [6.07, 6.45) is 6.59. The first-order valence-corrected chi connectivity index (χ1v) is 20.8. The van der Waals surface area contributed by atoms with E-state index >= 15 is 0 Å². The van der Waals surface area contributed by atoms with E-state index < -0.39 is 0 Å². The van der Waals surface area contributed by atoms with Crippen molar-refractivity contribution in [1.82, 2.24) is 15.0 Å². The average Bonchev–Trinajstić information content (AvgIpc) is 3.58. The molecule has 7 aromatic carbocycles. The summed E-state index contributed by atoms with van der Waals surface area (Å²) in [5, 5.41) is 12.7. The number of aromatic nitrogens is 3. The highest BCUT2D eigenvalue weighted by atomic mass is 15.0. The van der Waals surface area contributed by atoms with Gasteiger partial charge in [-0.15, -0.1) is 0 Å². The first kappa shape index (κ1) is 33.4. The van der Waals surface area contributed by atoms with Crippen LogP contribution >= 0.6 is 0 Å². The summed E-state index contributed by atoms with van der Waals surface area (Å²) < 4.78 is 0. The van der Waals surface area contributed by atoms with Crippen LogP contribution in [0.2, 0.25) is 0 Å². The Morgan fingerprint density at radius 2 is 1.00 bits per heavy atom. The summed E-state index contributed by atoms with van der Waals surface area (Å²) in [7, 11) is 0. The van der Waals surface area contributed by atoms with Gasteiger partial charge in [0.25, 0.3) is 0 Å². The van der Waals surface area contributed by atoms with Crippen molar-refractivity contribution in [3.8, 4) is 73.6 Å². The van der Waals surface area contributed by atoms with Crippen molar-refractivity contribution in [1.29, 1.82) is 5.26 Å². The van der Waals surface area contributed by atoms with E-state index in [2.05, 4.69) is 133 Å². The highest BCUT2D eigenvalue weighted by molar-refractivity contribution is 5.95. The van der Waals surface area contributed by atoms with Gasteiger partial charge < -0.3 is 0 Å². The maximum atomic E-state index is 10.5. The number of fused-ring (bicyclic) bond motifs is 4. The Kier molecular flexibility index (Phi) is 7.45. The molecule has 1 aromatic heterocycles. The van der Waals surface area contributed by atoms with Crippen molar-refractivity contribution in [3.05, 3.63) is 174 Å². The molecule has 13 rings (SSSR count). The summed E-state index contributed by atoms with van der Waals surface area (Å²) in [4.78, 5) is 15.1. The Morgan fingerprint density at radius 3 is 1.76 bits per heavy atom. The minimum atomic E-state index is -0.0588. The molecule has 8 aromatic rings. The van der Waals surface area contributed by atoms with Gasteiger partial charge in [0.05, 0.1) is 11.6 Å². The highest BCUT2D eigenvalue weighted by Gasteiger charge is 2.62. The minimum absolute atomic E-state index is 0.0588. The second kappa shape index (κ2) is 12.9. The molecule has 4 saturated carbocycles. The molecule has 4 fully saturated rings. The number of nitriles is 1. The second-order valence-corrected chi connectivity index (χ2v) is 17.1. The third kappa shape index (κ3) is 5.02. The molecule has 1 heterocycles. The molecule has 0 saturated heterocycles. The zero-order chi connectivity index (χ0) is 38.4. The first-order valence-electron chi connectivity index (χ1n) is 20.8. The van der Waals surface area contributed by atoms with Crippen LogP contribution in [-0.4, -0.2) is 15.0 Å². The van der Waals surface area contributed by atoms with E-state index in [1.54, 1.807) is 0 Å². The van der Waals surface area contributed by atoms with Gasteiger partial charge in [0, 0.05) is 22.1 Å². The van der Waals surface area contributed by atoms with E-state index in [9.17, 15) is 5.26 Å². The molecule has 0 N–H and O–H groups in total. The molecule has 0 atom stereocenters. The highest BCUT2D eigenvalue weighted by Crippen LogP contribution is 2.70. The largest absolute Gasteiger partial charge is 0.208 e. The second-order valence-electron chi connectivity index (χ2n) is 17.1. The quantitative estimate of drug-likeness (QED) is 0.176. The smallest absolute Gasteiger partial charge is 0.164 e. The average molecular weight is 745 g/mol. The molecule has 1 spiro atoms. The van der Waals surface area contributed by atoms with E-state index in [1.165, 1.54) is 71.0 Å². The minimum Gasteiger partial charge on any atom is -0.208 e. The molecular weight excluding hydrogens is 705 g/mol. The summed E-state index contributed by atoms with van der Waals surface area (Å²) >= 11 is 0. The van der Waals surface area contributed by atoms with Crippen molar-refractivity contribution in [2.75, 3.05) is 0 Å². The number of rotatable bonds is 5. The lowest BCUT2D eigenvalue weighted by molar-refractivity contribution is -0.0400. The summed E-state index contributed by atoms with van der Waals surface area (Å²) in [5.41, 5.74) is 13.9. The maximum absolute atomic E-state index is 10.5. The summed E-state index contributed by atoms with van der Waals surface area (Å²) in [5.74, 6) is 4.88. The van der Waals surface area contributed by atoms with Crippen molar-refractivity contribution in [2.24, 2.45) is 23.7 Å². The molecule has 0 unspecified atom stereocenters. The Balaban J connectivity index is 0.917. The Morgan fingerprint density at radius 1 is 0.448 bits per heavy atom. The molecule has 4 nitrogen and oxygen atoms in total. The van der Waals surface area contributed by atoms with Crippen LogP contribution in [0.1, 0.15) is 48.8 Å². The fraction of sp³-hybridized carbons (Fsp3) is 0.185. The van der Waals surface area contributed by atoms with Crippen LogP contribution in [0.15, 0.2) is 158 Å². The van der Waals surface area contributed by atoms with Gasteiger partial charge >= 0.3 is 0 Å². The predicted molar refractivity (Wildman–Crippen MR) is 232 cm³/mol. The number of nitrogens with zero attached hydrogens (tertiary/aromatic N) is 4. The van der Waals surface area contributed by atoms with Crippen LogP contribution in [0.3, 0.4) is 0 Å². The molecule has 4 bridgehead atoms. The van der Waals surface area contributed by atoms with Crippen LogP contribution in [-0.2, 0) is 5.41 Å². The SMILES string of the molecule is N#Cc1cccc2c1C1(c3cc(-c4cccc(-c5ccc(-c6nc(-c7ccccc7)nc(-c7cccc8ccccc78)n6)cc5)c4)ccc3-2)C2CC3CC(C2)CC1C3. The molecule has 4 heteroatoms. The third-order valence-electron chi connectivity index (χ3n) is 14.2. The van der Waals surface area contributed by atoms with E-state index in [-0.39, 0.29) is 5.41 Å². The topological polar surface area (TPSA) is 62.5 Å². The normalized spacial score (nSPS) is 22.2. The summed E-state index contributed by atoms with van der Waals surface area (Å²) in [6.45, 7) is 0. The lowest BCUT2D eigenvalue weighted by Crippen LogP contribution is -2.55. The van der Waals surface area contributed by atoms with Gasteiger partial charge in [-0.25, -0.2) is 15.0 Å². The number of hydrogen-bond acceptors (Lipinski definition) is 4. The third-order valence-corrected chi connectivity index (χ3v) is 14.2. The van der Waals surface area contributed by atoms with Gasteiger partial charge in [0.1, 0.15) is 0 Å². The molecule has 0 aliphatic heterocycles. The maximum Gasteiger partial charge on any atom is 0.164 e. The molecule has 58 heavy (non-hydrogen) atoms. The predicted octanol–water partition coefficient (Wildman–Crippen LogP) is 13.0. The van der Waals surface area contributed by atoms with Crippen molar-refractivity contribution < 1.29 is 0 Å². The molecule has 0 amide bonds. The zero-order valence-electron chi connectivity index (χ0n) is 32.1. The van der Waals surface area contributed by atoms with Crippen molar-refractivity contribution >= 4 is 10.8 Å². The molecule has 0 radical (unpaired) electrons. The fourth-order valence-electron chi connectivity index (χ4n) is 12.0. The van der Waals surface area contributed by atoms with E-state index in [0.29, 0.717) is 29.3 Å². The van der Waals surface area contributed by atoms with E-state index in [4.69, 9.17) is 15.0 Å². The molecular formula is C54H40N4. The van der Waals surface area contributed by atoms with Gasteiger partial charge in [-0.2, -0.15) is 5.26 Å². The molecule has 5 aliphatic rings. The Labute approximate surface area is 338 Å². The number of benzene rings is 7. The molecule has 5 aliphatic carbocycles. The lowest BCUT2D eigenvalue weighted by atomic mass is 9.43. The van der Waals surface area contributed by atoms with Crippen molar-refractivity contribution in [2.45, 2.75) is 37.5 Å². The van der Waals surface area contributed by atoms with Crippen LogP contribution in [0.5, 0.6) is 0 Å². The zero-order valence-corrected chi connectivity index (χ0v) is 32.1. The van der Waals surface area contributed by atoms with Gasteiger partial charge in [0.2, 0.25) is 0 Å². The summed E-state index contributed by atoms with van der Waals surface area (Å²) in [6, 6.07) is 58.7. The first-order chi connectivity index (χ1) is 28.6. The van der Waals surface area contributed by atoms with Crippen LogP contribution < -0.4 is 0 Å². The van der Waals surface area contributed by atoms with Crippen LogP contribution in [0, 0.1) is 35.0 Å². The van der Waals surface area contributed by atoms with Gasteiger partial charge in [-0.05, 0) is 129 Å². The Bertz CT molecular complexity index is 2940. The monoisotopic (exact) mass is 744 g/mol. The molecule has 276 valence electrons. The van der Waals surface area contributed by atoms with Gasteiger partial charge in [-0.3, -0.25) is 0 Å². The van der Waals surface area contributed by atoms with Gasteiger partial charge in [-0.1, -0.05) is 140 Å². The Hall–Kier alpha value is -6.70. The van der Waals surface area contributed by atoms with E-state index in [1.807, 2.05) is 30.3 Å². The fourth-order valence-corrected chi connectivity index (χ4v) is 12.0. The number of hydrogen-bond donors (Lipinski definition) is 0. The van der Waals surface area contributed by atoms with Crippen LogP contribution in [0.4, 0.5) is 0 Å². The van der Waals surface area contributed by atoms with Gasteiger partial charge in [0.15, 0.2) is 17.5 Å². The standard InChI is InChI=1S/C54H40N4/c55-32-42-15-8-17-47-46-24-23-41(31-49(46)54(50(42)47)43-26-33-25-34(28-43)29-44(54)27-33)40-14-6-13-39(30-40)35-19-21-38(22-20-35)52-56-51(37-10-2-1-3-11-37)57-53(58-52)48-18-7-12-36-9-4-5-16-45(36)48/h1-24,30-31,33-34,43-44H,25-29H2. The lowest BCUT2D eigenvalue weighted by Gasteiger charge is -2.61.